The molecule has 1 amide bonds. The van der Waals surface area contributed by atoms with E-state index in [0.717, 1.165) is 17.7 Å². The average molecular weight is 312 g/mol. The number of amides is 1. The van der Waals surface area contributed by atoms with Crippen LogP contribution in [0.4, 0.5) is 0 Å². The van der Waals surface area contributed by atoms with Gasteiger partial charge in [0.2, 0.25) is 5.91 Å². The van der Waals surface area contributed by atoms with Crippen molar-refractivity contribution < 1.29 is 9.53 Å². The molecule has 0 saturated carbocycles. The fourth-order valence-electron chi connectivity index (χ4n) is 2.38. The van der Waals surface area contributed by atoms with E-state index in [1.54, 1.807) is 6.20 Å². The molecular formula is C19H24N2O2. The summed E-state index contributed by atoms with van der Waals surface area (Å²) in [6, 6.07) is 13.4. The summed E-state index contributed by atoms with van der Waals surface area (Å²) in [6.45, 7) is 4.67. The second-order valence-electron chi connectivity index (χ2n) is 5.95. The van der Waals surface area contributed by atoms with E-state index in [1.165, 1.54) is 0 Å². The largest absolute Gasteiger partial charge is 0.493 e. The zero-order valence-corrected chi connectivity index (χ0v) is 13.7. The molecule has 1 aromatic heterocycles. The molecule has 1 aromatic carbocycles. The quantitative estimate of drug-likeness (QED) is 0.807. The number of benzene rings is 1. The van der Waals surface area contributed by atoms with Crippen molar-refractivity contribution in [3.8, 4) is 5.75 Å². The first-order valence-corrected chi connectivity index (χ1v) is 8.02. The van der Waals surface area contributed by atoms with Gasteiger partial charge in [0.1, 0.15) is 5.75 Å². The summed E-state index contributed by atoms with van der Waals surface area (Å²) in [5, 5.41) is 3.09. The van der Waals surface area contributed by atoms with Crippen molar-refractivity contribution >= 4 is 5.91 Å². The Morgan fingerprint density at radius 3 is 2.61 bits per heavy atom. The van der Waals surface area contributed by atoms with Gasteiger partial charge in [-0.05, 0) is 36.1 Å². The molecule has 0 bridgehead atoms. The number of nitrogens with one attached hydrogen (secondary N) is 1. The van der Waals surface area contributed by atoms with Crippen LogP contribution in [0.15, 0.2) is 54.9 Å². The minimum Gasteiger partial charge on any atom is -0.493 e. The van der Waals surface area contributed by atoms with Crippen molar-refractivity contribution in [2.75, 3.05) is 6.61 Å². The summed E-state index contributed by atoms with van der Waals surface area (Å²) in [5.41, 5.74) is 1.04. The fourth-order valence-corrected chi connectivity index (χ4v) is 2.38. The van der Waals surface area contributed by atoms with E-state index in [0.29, 0.717) is 18.9 Å². The van der Waals surface area contributed by atoms with Gasteiger partial charge in [-0.25, -0.2) is 0 Å². The number of hydrogen-bond donors (Lipinski definition) is 1. The third kappa shape index (κ3) is 6.10. The van der Waals surface area contributed by atoms with Crippen molar-refractivity contribution in [3.63, 3.8) is 0 Å². The lowest BCUT2D eigenvalue weighted by Gasteiger charge is -2.21. The molecule has 23 heavy (non-hydrogen) atoms. The fraction of sp³-hybridized carbons (Fsp3) is 0.368. The van der Waals surface area contributed by atoms with Crippen LogP contribution in [0.3, 0.4) is 0 Å². The number of aromatic nitrogens is 1. The topological polar surface area (TPSA) is 51.2 Å². The van der Waals surface area contributed by atoms with Crippen LogP contribution in [0.5, 0.6) is 5.75 Å². The highest BCUT2D eigenvalue weighted by Gasteiger charge is 2.16. The number of pyridine rings is 1. The molecule has 1 heterocycles. The van der Waals surface area contributed by atoms with Gasteiger partial charge in [-0.1, -0.05) is 38.1 Å². The summed E-state index contributed by atoms with van der Waals surface area (Å²) in [4.78, 5) is 16.3. The van der Waals surface area contributed by atoms with Gasteiger partial charge < -0.3 is 10.1 Å². The standard InChI is InChI=1S/C19H24N2O2/c1-15(2)13-18(16-7-6-11-20-14-16)21-19(22)10-12-23-17-8-4-3-5-9-17/h3-9,11,14-15,18H,10,12-13H2,1-2H3,(H,21,22). The van der Waals surface area contributed by atoms with Crippen LogP contribution in [0, 0.1) is 5.92 Å². The Balaban J connectivity index is 1.85. The van der Waals surface area contributed by atoms with Crippen molar-refractivity contribution in [2.24, 2.45) is 5.92 Å². The smallest absolute Gasteiger partial charge is 0.223 e. The van der Waals surface area contributed by atoms with Crippen molar-refractivity contribution in [1.82, 2.24) is 10.3 Å². The molecule has 1 unspecified atom stereocenters. The molecule has 1 N–H and O–H groups in total. The summed E-state index contributed by atoms with van der Waals surface area (Å²) >= 11 is 0. The van der Waals surface area contributed by atoms with Crippen molar-refractivity contribution in [1.29, 1.82) is 0 Å². The molecule has 0 aliphatic carbocycles. The SMILES string of the molecule is CC(C)CC(NC(=O)CCOc1ccccc1)c1cccnc1. The average Bonchev–Trinajstić information content (AvgIpc) is 2.56. The van der Waals surface area contributed by atoms with E-state index < -0.39 is 0 Å². The lowest BCUT2D eigenvalue weighted by Crippen LogP contribution is -2.30. The van der Waals surface area contributed by atoms with E-state index in [2.05, 4.69) is 24.1 Å². The molecular weight excluding hydrogens is 288 g/mol. The van der Waals surface area contributed by atoms with Crippen molar-refractivity contribution in [3.05, 3.63) is 60.4 Å². The van der Waals surface area contributed by atoms with Crippen LogP contribution in [0.25, 0.3) is 0 Å². The maximum Gasteiger partial charge on any atom is 0.223 e. The van der Waals surface area contributed by atoms with Gasteiger partial charge in [0.25, 0.3) is 0 Å². The zero-order chi connectivity index (χ0) is 16.5. The summed E-state index contributed by atoms with van der Waals surface area (Å²) in [7, 11) is 0. The summed E-state index contributed by atoms with van der Waals surface area (Å²) in [6.07, 6.45) is 4.78. The van der Waals surface area contributed by atoms with E-state index in [9.17, 15) is 4.79 Å². The highest BCUT2D eigenvalue weighted by molar-refractivity contribution is 5.76. The number of carbonyl (C=O) groups excluding carboxylic acids is 1. The first-order chi connectivity index (χ1) is 11.1. The first kappa shape index (κ1) is 17.0. The third-order valence-corrected chi connectivity index (χ3v) is 3.47. The molecule has 122 valence electrons. The van der Waals surface area contributed by atoms with Gasteiger partial charge >= 0.3 is 0 Å². The van der Waals surface area contributed by atoms with Crippen LogP contribution in [-0.2, 0) is 4.79 Å². The van der Waals surface area contributed by atoms with Crippen LogP contribution in [0.1, 0.15) is 38.3 Å². The molecule has 2 rings (SSSR count). The highest BCUT2D eigenvalue weighted by Crippen LogP contribution is 2.20. The minimum atomic E-state index is -0.00655. The second-order valence-corrected chi connectivity index (χ2v) is 5.95. The third-order valence-electron chi connectivity index (χ3n) is 3.47. The Kier molecular flexibility index (Phi) is 6.60. The molecule has 0 saturated heterocycles. The molecule has 2 aromatic rings. The summed E-state index contributed by atoms with van der Waals surface area (Å²) < 4.78 is 5.57. The Bertz CT molecular complexity index is 585. The first-order valence-electron chi connectivity index (χ1n) is 8.02. The van der Waals surface area contributed by atoms with Gasteiger partial charge in [0.05, 0.1) is 19.1 Å². The lowest BCUT2D eigenvalue weighted by molar-refractivity contribution is -0.122. The Morgan fingerprint density at radius 2 is 1.96 bits per heavy atom. The van der Waals surface area contributed by atoms with E-state index in [4.69, 9.17) is 4.74 Å². The Morgan fingerprint density at radius 1 is 1.17 bits per heavy atom. The maximum atomic E-state index is 12.2. The minimum absolute atomic E-state index is 0.00423. The van der Waals surface area contributed by atoms with E-state index in [1.807, 2.05) is 48.7 Å². The molecule has 0 fully saturated rings. The van der Waals surface area contributed by atoms with Gasteiger partial charge in [-0.15, -0.1) is 0 Å². The number of rotatable bonds is 8. The monoisotopic (exact) mass is 312 g/mol. The van der Waals surface area contributed by atoms with Crippen molar-refractivity contribution in [2.45, 2.75) is 32.7 Å². The van der Waals surface area contributed by atoms with Gasteiger partial charge in [-0.3, -0.25) is 9.78 Å². The number of para-hydroxylation sites is 1. The predicted molar refractivity (Wildman–Crippen MR) is 91.1 cm³/mol. The van der Waals surface area contributed by atoms with Crippen LogP contribution in [-0.4, -0.2) is 17.5 Å². The normalized spacial score (nSPS) is 12.0. The molecule has 1 atom stereocenters. The highest BCUT2D eigenvalue weighted by atomic mass is 16.5. The van der Waals surface area contributed by atoms with Gasteiger partial charge in [0.15, 0.2) is 0 Å². The lowest BCUT2D eigenvalue weighted by atomic mass is 9.98. The number of carbonyl (C=O) groups is 1. The Labute approximate surface area is 137 Å². The van der Waals surface area contributed by atoms with Gasteiger partial charge in [-0.2, -0.15) is 0 Å². The van der Waals surface area contributed by atoms with E-state index >= 15 is 0 Å². The number of ether oxygens (including phenoxy) is 1. The second kappa shape index (κ2) is 8.93. The molecule has 0 radical (unpaired) electrons. The van der Waals surface area contributed by atoms with Crippen LogP contribution in [0.2, 0.25) is 0 Å². The maximum absolute atomic E-state index is 12.2. The Hall–Kier alpha value is -2.36. The number of hydrogen-bond acceptors (Lipinski definition) is 3. The van der Waals surface area contributed by atoms with Crippen LogP contribution < -0.4 is 10.1 Å². The number of nitrogens with zero attached hydrogens (tertiary/aromatic N) is 1. The van der Waals surface area contributed by atoms with Gasteiger partial charge in [0, 0.05) is 12.4 Å². The molecule has 4 nitrogen and oxygen atoms in total. The summed E-state index contributed by atoms with van der Waals surface area (Å²) in [5.74, 6) is 1.27. The van der Waals surface area contributed by atoms with E-state index in [-0.39, 0.29) is 11.9 Å². The molecule has 4 heteroatoms. The molecule has 0 aliphatic rings. The predicted octanol–water partition coefficient (Wildman–Crippen LogP) is 3.75. The zero-order valence-electron chi connectivity index (χ0n) is 13.7. The molecule has 0 spiro atoms. The molecule has 0 aliphatic heterocycles. The van der Waals surface area contributed by atoms with Crippen LogP contribution >= 0.6 is 0 Å².